The van der Waals surface area contributed by atoms with E-state index < -0.39 is 12.1 Å². The zero-order chi connectivity index (χ0) is 28.8. The van der Waals surface area contributed by atoms with Gasteiger partial charge in [0.2, 0.25) is 0 Å². The summed E-state index contributed by atoms with van der Waals surface area (Å²) in [4.78, 5) is 13.5. The molecule has 41 heavy (non-hydrogen) atoms. The Morgan fingerprint density at radius 2 is 1.12 bits per heavy atom. The molecule has 5 heteroatoms. The number of ether oxygens (including phenoxy) is 3. The second-order valence-corrected chi connectivity index (χ2v) is 9.94. The lowest BCUT2D eigenvalue weighted by atomic mass is 9.79. The van der Waals surface area contributed by atoms with Gasteiger partial charge in [-0.25, -0.2) is 4.79 Å². The first-order chi connectivity index (χ1) is 20.1. The first-order valence-electron chi connectivity index (χ1n) is 14.3. The number of benzene rings is 5. The summed E-state index contributed by atoms with van der Waals surface area (Å²) in [7, 11) is 0. The molecule has 5 rings (SSSR count). The maximum atomic E-state index is 13.5. The third-order valence-corrected chi connectivity index (χ3v) is 7.43. The fraction of sp³-hybridized carbons (Fsp3) is 0.250. The van der Waals surface area contributed by atoms with E-state index in [1.807, 2.05) is 75.4 Å². The molecule has 5 aromatic carbocycles. The van der Waals surface area contributed by atoms with Crippen LogP contribution < -0.4 is 9.47 Å². The number of fused-ring (bicyclic) bond motifs is 2. The topological polar surface area (TPSA) is 65.0 Å². The van der Waals surface area contributed by atoms with E-state index in [-0.39, 0.29) is 12.5 Å². The van der Waals surface area contributed by atoms with Crippen LogP contribution >= 0.6 is 0 Å². The van der Waals surface area contributed by atoms with Crippen LogP contribution in [0.25, 0.3) is 21.5 Å². The molecule has 0 aromatic heterocycles. The lowest BCUT2D eigenvalue weighted by Gasteiger charge is -2.25. The summed E-state index contributed by atoms with van der Waals surface area (Å²) in [6, 6.07) is 32.3. The summed E-state index contributed by atoms with van der Waals surface area (Å²) in [5, 5.41) is 14.2. The van der Waals surface area contributed by atoms with E-state index in [2.05, 4.69) is 36.4 Å². The van der Waals surface area contributed by atoms with Gasteiger partial charge in [-0.05, 0) is 65.9 Å². The largest absolute Gasteiger partial charge is 0.493 e. The number of hydrogen-bond acceptors (Lipinski definition) is 5. The monoisotopic (exact) mass is 548 g/mol. The normalized spacial score (nSPS) is 12.0. The molecule has 1 N–H and O–H groups in total. The van der Waals surface area contributed by atoms with Crippen molar-refractivity contribution in [1.29, 1.82) is 0 Å². The minimum atomic E-state index is -0.702. The lowest BCUT2D eigenvalue weighted by Crippen LogP contribution is -2.19. The van der Waals surface area contributed by atoms with Gasteiger partial charge < -0.3 is 19.3 Å². The molecule has 1 unspecified atom stereocenters. The predicted molar refractivity (Wildman–Crippen MR) is 164 cm³/mol. The Hall–Kier alpha value is -4.35. The Kier molecular flexibility index (Phi) is 8.85. The third kappa shape index (κ3) is 5.77. The van der Waals surface area contributed by atoms with Crippen LogP contribution in [0.2, 0.25) is 0 Å². The Morgan fingerprint density at radius 3 is 1.63 bits per heavy atom. The Bertz CT molecular complexity index is 1570. The van der Waals surface area contributed by atoms with Gasteiger partial charge in [0.25, 0.3) is 0 Å². The van der Waals surface area contributed by atoms with Crippen molar-refractivity contribution in [3.63, 3.8) is 0 Å². The Morgan fingerprint density at radius 1 is 0.634 bits per heavy atom. The minimum Gasteiger partial charge on any atom is -0.493 e. The van der Waals surface area contributed by atoms with Crippen molar-refractivity contribution in [3.8, 4) is 11.5 Å². The standard InChI is InChI=1S/C36H36O5/c1-4-24(37)23-41-36(38)32-18-12-11-17-29(32)35(30-19-21-33(39-5-2)27-15-9-7-13-25(27)30)31-20-22-34(40-6-3)28-16-10-8-14-26(28)31/h7-22,24,35,37H,4-6,23H2,1-3H3. The highest BCUT2D eigenvalue weighted by Crippen LogP contribution is 2.44. The van der Waals surface area contributed by atoms with Crippen molar-refractivity contribution < 1.29 is 24.1 Å². The minimum absolute atomic E-state index is 0.0493. The van der Waals surface area contributed by atoms with Gasteiger partial charge >= 0.3 is 5.97 Å². The molecule has 0 amide bonds. The molecule has 0 saturated heterocycles. The first-order valence-corrected chi connectivity index (χ1v) is 14.3. The highest BCUT2D eigenvalue weighted by Gasteiger charge is 2.27. The molecule has 0 aliphatic carbocycles. The summed E-state index contributed by atoms with van der Waals surface area (Å²) < 4.78 is 17.6. The van der Waals surface area contributed by atoms with Crippen molar-refractivity contribution in [2.75, 3.05) is 19.8 Å². The third-order valence-electron chi connectivity index (χ3n) is 7.43. The molecular formula is C36H36O5. The smallest absolute Gasteiger partial charge is 0.338 e. The summed E-state index contributed by atoms with van der Waals surface area (Å²) in [6.07, 6.45) is -0.194. The zero-order valence-corrected chi connectivity index (χ0v) is 23.8. The molecule has 0 saturated carbocycles. The molecule has 0 bridgehead atoms. The van der Waals surface area contributed by atoms with E-state index >= 15 is 0 Å². The predicted octanol–water partition coefficient (Wildman–Crippen LogP) is 7.90. The zero-order valence-electron chi connectivity index (χ0n) is 23.8. The van der Waals surface area contributed by atoms with Crippen molar-refractivity contribution in [2.24, 2.45) is 0 Å². The van der Waals surface area contributed by atoms with Crippen molar-refractivity contribution in [1.82, 2.24) is 0 Å². The van der Waals surface area contributed by atoms with Gasteiger partial charge in [0.05, 0.1) is 24.9 Å². The Labute approximate surface area is 241 Å². The molecule has 0 aliphatic heterocycles. The van der Waals surface area contributed by atoms with Crippen LogP contribution in [0.5, 0.6) is 11.5 Å². The molecule has 0 aliphatic rings. The van der Waals surface area contributed by atoms with Crippen LogP contribution in [0, 0.1) is 0 Å². The van der Waals surface area contributed by atoms with Crippen LogP contribution in [0.1, 0.15) is 60.2 Å². The number of aliphatic hydroxyl groups excluding tert-OH is 1. The van der Waals surface area contributed by atoms with Crippen LogP contribution in [0.15, 0.2) is 97.1 Å². The molecule has 0 radical (unpaired) electrons. The van der Waals surface area contributed by atoms with E-state index in [9.17, 15) is 9.90 Å². The molecule has 0 heterocycles. The molecule has 1 atom stereocenters. The lowest BCUT2D eigenvalue weighted by molar-refractivity contribution is 0.0249. The number of aliphatic hydroxyl groups is 1. The quantitative estimate of drug-likeness (QED) is 0.134. The maximum absolute atomic E-state index is 13.5. The summed E-state index contributed by atoms with van der Waals surface area (Å²) >= 11 is 0. The van der Waals surface area contributed by atoms with Gasteiger partial charge in [-0.15, -0.1) is 0 Å². The SMILES string of the molecule is CCOc1ccc(C(c2ccccc2C(=O)OCC(O)CC)c2ccc(OCC)c3ccccc23)c2ccccc12. The van der Waals surface area contributed by atoms with Crippen LogP contribution in [-0.4, -0.2) is 37.0 Å². The number of esters is 1. The second kappa shape index (κ2) is 12.9. The summed E-state index contributed by atoms with van der Waals surface area (Å²) in [6.45, 7) is 6.90. The number of carbonyl (C=O) groups is 1. The molecular weight excluding hydrogens is 512 g/mol. The fourth-order valence-electron chi connectivity index (χ4n) is 5.46. The van der Waals surface area contributed by atoms with E-state index in [4.69, 9.17) is 14.2 Å². The van der Waals surface area contributed by atoms with Gasteiger partial charge in [-0.1, -0.05) is 85.8 Å². The van der Waals surface area contributed by atoms with Gasteiger partial charge in [-0.3, -0.25) is 0 Å². The average molecular weight is 549 g/mol. The highest BCUT2D eigenvalue weighted by molar-refractivity contribution is 5.97. The number of carbonyl (C=O) groups excluding carboxylic acids is 1. The van der Waals surface area contributed by atoms with Crippen molar-refractivity contribution in [3.05, 3.63) is 119 Å². The van der Waals surface area contributed by atoms with E-state index in [0.717, 1.165) is 49.7 Å². The van der Waals surface area contributed by atoms with Crippen molar-refractivity contribution >= 4 is 27.5 Å². The van der Waals surface area contributed by atoms with Crippen LogP contribution in [0.4, 0.5) is 0 Å². The highest BCUT2D eigenvalue weighted by atomic mass is 16.5. The van der Waals surface area contributed by atoms with Gasteiger partial charge in [0, 0.05) is 16.7 Å². The fourth-order valence-corrected chi connectivity index (χ4v) is 5.46. The molecule has 5 nitrogen and oxygen atoms in total. The van der Waals surface area contributed by atoms with E-state index in [0.29, 0.717) is 25.2 Å². The summed E-state index contributed by atoms with van der Waals surface area (Å²) in [5.74, 6) is 0.881. The first kappa shape index (κ1) is 28.2. The number of hydrogen-bond donors (Lipinski definition) is 1. The maximum Gasteiger partial charge on any atom is 0.338 e. The molecule has 0 fully saturated rings. The Balaban J connectivity index is 1.78. The van der Waals surface area contributed by atoms with Gasteiger partial charge in [-0.2, -0.15) is 0 Å². The van der Waals surface area contributed by atoms with Gasteiger partial charge in [0.1, 0.15) is 18.1 Å². The second-order valence-electron chi connectivity index (χ2n) is 9.94. The molecule has 5 aromatic rings. The number of rotatable bonds is 11. The molecule has 210 valence electrons. The summed E-state index contributed by atoms with van der Waals surface area (Å²) in [5.41, 5.74) is 3.39. The van der Waals surface area contributed by atoms with E-state index in [1.165, 1.54) is 0 Å². The van der Waals surface area contributed by atoms with Crippen molar-refractivity contribution in [2.45, 2.75) is 39.2 Å². The average Bonchev–Trinajstić information content (AvgIpc) is 3.02. The molecule has 0 spiro atoms. The van der Waals surface area contributed by atoms with Crippen LogP contribution in [0.3, 0.4) is 0 Å². The van der Waals surface area contributed by atoms with Crippen LogP contribution in [-0.2, 0) is 4.74 Å². The van der Waals surface area contributed by atoms with Gasteiger partial charge in [0.15, 0.2) is 0 Å². The van der Waals surface area contributed by atoms with E-state index in [1.54, 1.807) is 6.07 Å².